The summed E-state index contributed by atoms with van der Waals surface area (Å²) in [5.74, 6) is 0. The van der Waals surface area contributed by atoms with Crippen LogP contribution in [0, 0.1) is 12.4 Å². The van der Waals surface area contributed by atoms with Gasteiger partial charge in [-0.1, -0.05) is 24.8 Å². The average Bonchev–Trinajstić information content (AvgIpc) is 2.24. The van der Waals surface area contributed by atoms with Crippen LogP contribution < -0.4 is 0 Å². The third kappa shape index (κ3) is 7.35. The van der Waals surface area contributed by atoms with E-state index in [1.807, 2.05) is 24.3 Å². The molecule has 0 unspecified atom stereocenters. The number of aromatic nitrogens is 2. The van der Waals surface area contributed by atoms with Crippen molar-refractivity contribution in [3.8, 4) is 0 Å². The summed E-state index contributed by atoms with van der Waals surface area (Å²) in [6.45, 7) is 0. The summed E-state index contributed by atoms with van der Waals surface area (Å²) in [6.07, 6.45) is 8.67. The van der Waals surface area contributed by atoms with E-state index in [0.717, 1.165) is 0 Å². The summed E-state index contributed by atoms with van der Waals surface area (Å²) >= 11 is 0. The molecule has 0 radical (unpaired) electrons. The minimum atomic E-state index is 0. The van der Waals surface area contributed by atoms with Crippen LogP contribution in [0.2, 0.25) is 0 Å². The predicted molar refractivity (Wildman–Crippen MR) is 46.1 cm³/mol. The van der Waals surface area contributed by atoms with Crippen LogP contribution in [-0.2, 0) is 21.1 Å². The molecular weight excluding hydrogens is 244 g/mol. The van der Waals surface area contributed by atoms with Gasteiger partial charge >= 0.3 is 21.1 Å². The Balaban J connectivity index is 0.000000206. The first-order chi connectivity index (χ1) is 6.00. The van der Waals surface area contributed by atoms with E-state index >= 15 is 0 Å². The first kappa shape index (κ1) is 12.0. The van der Waals surface area contributed by atoms with Crippen molar-refractivity contribution in [1.29, 1.82) is 0 Å². The van der Waals surface area contributed by atoms with Gasteiger partial charge in [0.25, 0.3) is 0 Å². The van der Waals surface area contributed by atoms with Crippen LogP contribution in [0.5, 0.6) is 0 Å². The Labute approximate surface area is 92.3 Å². The van der Waals surface area contributed by atoms with Gasteiger partial charge in [-0.25, -0.2) is 0 Å². The fraction of sp³-hybridized carbons (Fsp3) is 0. The molecule has 0 saturated heterocycles. The number of nitrogens with zero attached hydrogens (tertiary/aromatic N) is 2. The summed E-state index contributed by atoms with van der Waals surface area (Å²) in [7, 11) is 0. The van der Waals surface area contributed by atoms with Crippen molar-refractivity contribution in [2.24, 2.45) is 0 Å². The molecule has 0 fully saturated rings. The zero-order valence-electron chi connectivity index (χ0n) is 6.92. The summed E-state index contributed by atoms with van der Waals surface area (Å²) < 4.78 is 0. The van der Waals surface area contributed by atoms with Crippen LogP contribution in [0.1, 0.15) is 0 Å². The van der Waals surface area contributed by atoms with Gasteiger partial charge < -0.3 is 9.97 Å². The molecule has 0 amide bonds. The van der Waals surface area contributed by atoms with E-state index in [4.69, 9.17) is 0 Å². The molecule has 13 heavy (non-hydrogen) atoms. The molecule has 0 aliphatic carbocycles. The van der Waals surface area contributed by atoms with Crippen molar-refractivity contribution in [3.63, 3.8) is 0 Å². The SMILES string of the molecule is [Mo+2].[c-]1ccccn1.[c-]1ccccn1. The Morgan fingerprint density at radius 1 is 0.692 bits per heavy atom. The van der Waals surface area contributed by atoms with Gasteiger partial charge in [0.1, 0.15) is 0 Å². The van der Waals surface area contributed by atoms with Crippen LogP contribution in [-0.4, -0.2) is 9.97 Å². The summed E-state index contributed by atoms with van der Waals surface area (Å²) in [6, 6.07) is 11.0. The molecule has 0 bridgehead atoms. The van der Waals surface area contributed by atoms with Gasteiger partial charge in [0.15, 0.2) is 0 Å². The summed E-state index contributed by atoms with van der Waals surface area (Å²) in [5, 5.41) is 0. The number of hydrogen-bond acceptors (Lipinski definition) is 2. The van der Waals surface area contributed by atoms with Crippen molar-refractivity contribution in [3.05, 3.63) is 61.2 Å². The monoisotopic (exact) mass is 254 g/mol. The second-order valence-electron chi connectivity index (χ2n) is 1.92. The van der Waals surface area contributed by atoms with Gasteiger partial charge in [-0.2, -0.15) is 36.4 Å². The fourth-order valence-electron chi connectivity index (χ4n) is 0.555. The van der Waals surface area contributed by atoms with Gasteiger partial charge in [0.05, 0.1) is 0 Å². The molecule has 0 aliphatic rings. The minimum Gasteiger partial charge on any atom is -0.394 e. The Morgan fingerprint density at radius 3 is 1.23 bits per heavy atom. The average molecular weight is 252 g/mol. The van der Waals surface area contributed by atoms with Gasteiger partial charge in [-0.05, 0) is 0 Å². The van der Waals surface area contributed by atoms with E-state index in [1.165, 1.54) is 0 Å². The molecule has 0 aliphatic heterocycles. The van der Waals surface area contributed by atoms with Gasteiger partial charge in [-0.3, -0.25) is 0 Å². The topological polar surface area (TPSA) is 25.8 Å². The van der Waals surface area contributed by atoms with E-state index in [2.05, 4.69) is 22.4 Å². The van der Waals surface area contributed by atoms with Crippen molar-refractivity contribution in [2.75, 3.05) is 0 Å². The van der Waals surface area contributed by atoms with Gasteiger partial charge in [-0.15, -0.1) is 0 Å². The Bertz CT molecular complexity index is 188. The molecule has 3 heteroatoms. The zero-order chi connectivity index (χ0) is 8.49. The maximum absolute atomic E-state index is 3.66. The predicted octanol–water partition coefficient (Wildman–Crippen LogP) is 1.76. The van der Waals surface area contributed by atoms with Crippen LogP contribution in [0.15, 0.2) is 48.8 Å². The van der Waals surface area contributed by atoms with Gasteiger partial charge in [0.2, 0.25) is 0 Å². The third-order valence-electron chi connectivity index (χ3n) is 1.03. The molecule has 0 aromatic carbocycles. The maximum Gasteiger partial charge on any atom is 2.00 e. The first-order valence-corrected chi connectivity index (χ1v) is 3.54. The smallest absolute Gasteiger partial charge is 0.394 e. The standard InChI is InChI=1S/2C5H4N.Mo/c2*1-2-4-6-5-3-1;/h2*1-4H;/q2*-1;+2. The second-order valence-corrected chi connectivity index (χ2v) is 1.92. The zero-order valence-corrected chi connectivity index (χ0v) is 8.93. The van der Waals surface area contributed by atoms with Gasteiger partial charge in [0, 0.05) is 0 Å². The molecule has 64 valence electrons. The molecule has 0 saturated carbocycles. The van der Waals surface area contributed by atoms with Crippen LogP contribution in [0.25, 0.3) is 0 Å². The summed E-state index contributed by atoms with van der Waals surface area (Å²) in [5.41, 5.74) is 0. The van der Waals surface area contributed by atoms with Crippen molar-refractivity contribution in [2.45, 2.75) is 0 Å². The Morgan fingerprint density at radius 2 is 1.15 bits per heavy atom. The van der Waals surface area contributed by atoms with Crippen LogP contribution >= 0.6 is 0 Å². The van der Waals surface area contributed by atoms with E-state index in [1.54, 1.807) is 24.5 Å². The third-order valence-corrected chi connectivity index (χ3v) is 1.03. The largest absolute Gasteiger partial charge is 2.00 e. The Hall–Kier alpha value is -1.01. The van der Waals surface area contributed by atoms with E-state index < -0.39 is 0 Å². The molecule has 0 N–H and O–H groups in total. The molecule has 2 nitrogen and oxygen atoms in total. The molecule has 0 atom stereocenters. The molecule has 2 aromatic rings. The molecule has 0 spiro atoms. The number of rotatable bonds is 0. The molecular formula is C10H8MoN2. The second kappa shape index (κ2) is 9.08. The first-order valence-electron chi connectivity index (χ1n) is 3.54. The van der Waals surface area contributed by atoms with Crippen LogP contribution in [0.4, 0.5) is 0 Å². The number of hydrogen-bond donors (Lipinski definition) is 0. The number of pyridine rings is 2. The quantitative estimate of drug-likeness (QED) is 0.527. The van der Waals surface area contributed by atoms with Crippen molar-refractivity contribution < 1.29 is 21.1 Å². The normalized spacial score (nSPS) is 7.38. The molecule has 2 rings (SSSR count). The minimum absolute atomic E-state index is 0. The fourth-order valence-corrected chi connectivity index (χ4v) is 0.555. The van der Waals surface area contributed by atoms with Crippen molar-refractivity contribution >= 4 is 0 Å². The van der Waals surface area contributed by atoms with E-state index in [9.17, 15) is 0 Å². The Kier molecular flexibility index (Phi) is 8.37. The molecule has 2 aromatic heterocycles. The summed E-state index contributed by atoms with van der Waals surface area (Å²) in [4.78, 5) is 7.32. The van der Waals surface area contributed by atoms with E-state index in [0.29, 0.717) is 0 Å². The maximum atomic E-state index is 3.66. The van der Waals surface area contributed by atoms with Crippen molar-refractivity contribution in [1.82, 2.24) is 9.97 Å². The van der Waals surface area contributed by atoms with E-state index in [-0.39, 0.29) is 21.1 Å². The van der Waals surface area contributed by atoms with Crippen LogP contribution in [0.3, 0.4) is 0 Å². The molecule has 2 heterocycles.